The Morgan fingerprint density at radius 3 is 1.02 bits per heavy atom. The van der Waals surface area contributed by atoms with Gasteiger partial charge in [-0.2, -0.15) is 0 Å². The van der Waals surface area contributed by atoms with E-state index in [4.69, 9.17) is 9.47 Å². The molecule has 0 saturated carbocycles. The Labute approximate surface area is 397 Å². The topological polar surface area (TPSA) is 72.8 Å². The van der Waals surface area contributed by atoms with Gasteiger partial charge in [-0.25, -0.2) is 0 Å². The maximum absolute atomic E-state index is 12.2. The molecular formula is C59H104O5. The van der Waals surface area contributed by atoms with Crippen molar-refractivity contribution in [2.45, 2.75) is 277 Å². The van der Waals surface area contributed by atoms with E-state index in [1.54, 1.807) is 0 Å². The lowest BCUT2D eigenvalue weighted by Gasteiger charge is -2.15. The molecule has 1 N–H and O–H groups in total. The Morgan fingerprint density at radius 2 is 0.672 bits per heavy atom. The molecule has 0 aliphatic carbocycles. The van der Waals surface area contributed by atoms with Gasteiger partial charge in [0.2, 0.25) is 0 Å². The highest BCUT2D eigenvalue weighted by Gasteiger charge is 2.16. The number of ether oxygens (including phenoxy) is 2. The summed E-state index contributed by atoms with van der Waals surface area (Å²) >= 11 is 0. The molecule has 1 atom stereocenters. The molecule has 0 amide bonds. The molecule has 1 unspecified atom stereocenters. The second-order valence-corrected chi connectivity index (χ2v) is 18.3. The Balaban J connectivity index is 3.45. The van der Waals surface area contributed by atoms with Crippen molar-refractivity contribution in [1.82, 2.24) is 0 Å². The number of aliphatic hydroxyl groups excluding tert-OH is 1. The van der Waals surface area contributed by atoms with Crippen molar-refractivity contribution in [1.29, 1.82) is 0 Å². The third kappa shape index (κ3) is 52.0. The number of hydrogen-bond donors (Lipinski definition) is 1. The third-order valence-electron chi connectivity index (χ3n) is 12.0. The molecule has 5 heteroatoms. The molecule has 0 bridgehead atoms. The van der Waals surface area contributed by atoms with Gasteiger partial charge in [-0.1, -0.05) is 247 Å². The summed E-state index contributed by atoms with van der Waals surface area (Å²) in [5.41, 5.74) is 0. The summed E-state index contributed by atoms with van der Waals surface area (Å²) in [4.78, 5) is 24.4. The SMILES string of the molecule is CC/C=C\C/C=C\C/C=C\C/C=C\CCCCCCC(=O)OC(CO)COC(=O)CCCCCCCCCCCCCCCCCCCCCCC/C=C\C/C=C\CCCCCCC. The summed E-state index contributed by atoms with van der Waals surface area (Å²) in [5, 5.41) is 9.62. The molecular weight excluding hydrogens is 789 g/mol. The molecule has 0 aromatic heterocycles. The van der Waals surface area contributed by atoms with Crippen LogP contribution in [0.4, 0.5) is 0 Å². The first kappa shape index (κ1) is 61.3. The summed E-state index contributed by atoms with van der Waals surface area (Å²) in [5.74, 6) is -0.612. The van der Waals surface area contributed by atoms with Gasteiger partial charge in [-0.05, 0) is 83.5 Å². The molecule has 0 radical (unpaired) electrons. The van der Waals surface area contributed by atoms with Gasteiger partial charge in [-0.15, -0.1) is 0 Å². The molecule has 0 heterocycles. The molecule has 0 rings (SSSR count). The van der Waals surface area contributed by atoms with Gasteiger partial charge in [0, 0.05) is 12.8 Å². The molecule has 0 aliphatic rings. The number of unbranched alkanes of at least 4 members (excludes halogenated alkanes) is 30. The standard InChI is InChI=1S/C59H104O5/c1-3-5-7-9-11-13-15-17-19-21-22-23-24-25-26-27-28-29-30-31-32-33-34-35-36-38-39-41-43-45-47-49-51-53-58(61)63-56-57(55-60)64-59(62)54-52-50-48-46-44-42-40-37-20-18-16-14-12-10-8-6-4-2/h6,8,12,14-15,17-18,20-22,40,42,57,60H,3-5,7,9-11,13,16,19,23-39,41,43-56H2,1-2H3/b8-6-,14-12-,17-15-,20-18-,22-21-,42-40-. The fourth-order valence-electron chi connectivity index (χ4n) is 7.87. The summed E-state index contributed by atoms with van der Waals surface area (Å²) in [7, 11) is 0. The number of esters is 2. The molecule has 5 nitrogen and oxygen atoms in total. The zero-order chi connectivity index (χ0) is 46.3. The Morgan fingerprint density at radius 1 is 0.375 bits per heavy atom. The van der Waals surface area contributed by atoms with E-state index >= 15 is 0 Å². The molecule has 0 spiro atoms. The molecule has 0 saturated heterocycles. The fraction of sp³-hybridized carbons (Fsp3) is 0.763. The van der Waals surface area contributed by atoms with Crippen LogP contribution in [0.15, 0.2) is 72.9 Å². The summed E-state index contributed by atoms with van der Waals surface area (Å²) in [6.07, 6.45) is 74.5. The average Bonchev–Trinajstić information content (AvgIpc) is 3.30. The molecule has 0 aromatic rings. The normalized spacial score (nSPS) is 12.7. The Kier molecular flexibility index (Phi) is 52.4. The van der Waals surface area contributed by atoms with E-state index in [9.17, 15) is 14.7 Å². The van der Waals surface area contributed by atoms with Crippen molar-refractivity contribution >= 4 is 11.9 Å². The smallest absolute Gasteiger partial charge is 0.306 e. The summed E-state index contributed by atoms with van der Waals surface area (Å²) in [6.45, 7) is 4.01. The first-order valence-electron chi connectivity index (χ1n) is 27.5. The van der Waals surface area contributed by atoms with E-state index in [0.29, 0.717) is 12.8 Å². The molecule has 0 fully saturated rings. The largest absolute Gasteiger partial charge is 0.462 e. The Hall–Kier alpha value is -2.66. The average molecular weight is 893 g/mol. The highest BCUT2D eigenvalue weighted by atomic mass is 16.6. The van der Waals surface area contributed by atoms with E-state index in [-0.39, 0.29) is 25.2 Å². The van der Waals surface area contributed by atoms with Crippen LogP contribution in [0.25, 0.3) is 0 Å². The molecule has 0 aliphatic heterocycles. The maximum atomic E-state index is 12.2. The zero-order valence-corrected chi connectivity index (χ0v) is 42.3. The predicted molar refractivity (Wildman–Crippen MR) is 279 cm³/mol. The van der Waals surface area contributed by atoms with Crippen LogP contribution in [0.2, 0.25) is 0 Å². The van der Waals surface area contributed by atoms with Crippen LogP contribution in [0.3, 0.4) is 0 Å². The minimum Gasteiger partial charge on any atom is -0.462 e. The van der Waals surface area contributed by atoms with E-state index in [1.165, 1.54) is 161 Å². The predicted octanol–water partition coefficient (Wildman–Crippen LogP) is 18.4. The van der Waals surface area contributed by atoms with Gasteiger partial charge < -0.3 is 14.6 Å². The monoisotopic (exact) mass is 893 g/mol. The quantitative estimate of drug-likeness (QED) is 0.0374. The van der Waals surface area contributed by atoms with Crippen molar-refractivity contribution < 1.29 is 24.2 Å². The van der Waals surface area contributed by atoms with Gasteiger partial charge in [-0.3, -0.25) is 9.59 Å². The lowest BCUT2D eigenvalue weighted by Crippen LogP contribution is -2.28. The highest BCUT2D eigenvalue weighted by molar-refractivity contribution is 5.70. The second-order valence-electron chi connectivity index (χ2n) is 18.3. The molecule has 370 valence electrons. The number of allylic oxidation sites excluding steroid dienone is 12. The van der Waals surface area contributed by atoms with Crippen molar-refractivity contribution in [2.24, 2.45) is 0 Å². The van der Waals surface area contributed by atoms with E-state index in [1.807, 2.05) is 0 Å². The van der Waals surface area contributed by atoms with E-state index in [2.05, 4.69) is 86.8 Å². The maximum Gasteiger partial charge on any atom is 0.306 e. The van der Waals surface area contributed by atoms with Crippen LogP contribution >= 0.6 is 0 Å². The first-order chi connectivity index (χ1) is 31.6. The van der Waals surface area contributed by atoms with E-state index in [0.717, 1.165) is 83.5 Å². The lowest BCUT2D eigenvalue weighted by atomic mass is 10.0. The zero-order valence-electron chi connectivity index (χ0n) is 42.3. The number of carbonyl (C=O) groups is 2. The molecule has 0 aromatic carbocycles. The van der Waals surface area contributed by atoms with Crippen LogP contribution < -0.4 is 0 Å². The number of carbonyl (C=O) groups excluding carboxylic acids is 2. The second kappa shape index (κ2) is 54.7. The molecule has 64 heavy (non-hydrogen) atoms. The van der Waals surface area contributed by atoms with Crippen LogP contribution in [0.1, 0.15) is 271 Å². The van der Waals surface area contributed by atoms with Gasteiger partial charge in [0.1, 0.15) is 6.61 Å². The van der Waals surface area contributed by atoms with Gasteiger partial charge in [0.15, 0.2) is 6.10 Å². The van der Waals surface area contributed by atoms with Crippen LogP contribution in [0, 0.1) is 0 Å². The fourth-order valence-corrected chi connectivity index (χ4v) is 7.87. The Bertz CT molecular complexity index is 1150. The van der Waals surface area contributed by atoms with Crippen molar-refractivity contribution in [2.75, 3.05) is 13.2 Å². The van der Waals surface area contributed by atoms with E-state index < -0.39 is 6.10 Å². The van der Waals surface area contributed by atoms with Crippen molar-refractivity contribution in [3.8, 4) is 0 Å². The summed E-state index contributed by atoms with van der Waals surface area (Å²) in [6, 6.07) is 0. The highest BCUT2D eigenvalue weighted by Crippen LogP contribution is 2.16. The minimum absolute atomic E-state index is 0.0762. The summed E-state index contributed by atoms with van der Waals surface area (Å²) < 4.78 is 10.7. The van der Waals surface area contributed by atoms with Gasteiger partial charge in [0.25, 0.3) is 0 Å². The van der Waals surface area contributed by atoms with Gasteiger partial charge in [0.05, 0.1) is 6.61 Å². The van der Waals surface area contributed by atoms with Crippen LogP contribution in [-0.2, 0) is 19.1 Å². The number of hydrogen-bond acceptors (Lipinski definition) is 5. The van der Waals surface area contributed by atoms with Crippen LogP contribution in [-0.4, -0.2) is 36.4 Å². The number of aliphatic hydroxyl groups is 1. The third-order valence-corrected chi connectivity index (χ3v) is 12.0. The lowest BCUT2D eigenvalue weighted by molar-refractivity contribution is -0.161. The first-order valence-corrected chi connectivity index (χ1v) is 27.5. The van der Waals surface area contributed by atoms with Crippen molar-refractivity contribution in [3.63, 3.8) is 0 Å². The van der Waals surface area contributed by atoms with Crippen LogP contribution in [0.5, 0.6) is 0 Å². The van der Waals surface area contributed by atoms with Gasteiger partial charge >= 0.3 is 11.9 Å². The minimum atomic E-state index is -0.787. The van der Waals surface area contributed by atoms with Crippen molar-refractivity contribution in [3.05, 3.63) is 72.9 Å². The number of rotatable bonds is 50.